The molecule has 1 N–H and O–H groups in total. The third-order valence-corrected chi connectivity index (χ3v) is 3.04. The van der Waals surface area contributed by atoms with E-state index in [-0.39, 0.29) is 23.8 Å². The zero-order valence-corrected chi connectivity index (χ0v) is 15.0. The van der Waals surface area contributed by atoms with Crippen LogP contribution in [0.2, 0.25) is 0 Å². The van der Waals surface area contributed by atoms with Crippen molar-refractivity contribution in [3.05, 3.63) is 29.6 Å². The van der Waals surface area contributed by atoms with E-state index in [4.69, 9.17) is 9.47 Å². The zero-order chi connectivity index (χ0) is 19.2. The highest BCUT2D eigenvalue weighted by Crippen LogP contribution is 2.18. The number of likely N-dealkylation sites (N-methyl/N-ethyl adjacent to an activating group) is 1. The number of amides is 2. The highest BCUT2D eigenvalue weighted by atomic mass is 19.1. The fourth-order valence-corrected chi connectivity index (χ4v) is 1.88. The summed E-state index contributed by atoms with van der Waals surface area (Å²) in [5.41, 5.74) is -0.453. The lowest BCUT2D eigenvalue weighted by Gasteiger charge is -2.23. The van der Waals surface area contributed by atoms with Crippen molar-refractivity contribution in [2.75, 3.05) is 27.3 Å². The van der Waals surface area contributed by atoms with E-state index in [1.807, 2.05) is 20.8 Å². The molecule has 0 spiro atoms. The van der Waals surface area contributed by atoms with Crippen molar-refractivity contribution in [3.63, 3.8) is 0 Å². The number of hydrogen-bond acceptors (Lipinski definition) is 5. The number of esters is 1. The van der Waals surface area contributed by atoms with Crippen LogP contribution in [-0.2, 0) is 14.3 Å². The predicted octanol–water partition coefficient (Wildman–Crippen LogP) is 1.36. The first-order chi connectivity index (χ1) is 11.5. The molecule has 1 aromatic carbocycles. The van der Waals surface area contributed by atoms with Crippen LogP contribution in [0.15, 0.2) is 18.2 Å². The molecule has 138 valence electrons. The van der Waals surface area contributed by atoms with E-state index in [1.54, 1.807) is 0 Å². The van der Waals surface area contributed by atoms with Gasteiger partial charge in [-0.2, -0.15) is 0 Å². The summed E-state index contributed by atoms with van der Waals surface area (Å²) in [5.74, 6) is -2.43. The average molecular weight is 354 g/mol. The number of hydrogen-bond donors (Lipinski definition) is 1. The highest BCUT2D eigenvalue weighted by molar-refractivity contribution is 5.92. The maximum Gasteiger partial charge on any atom is 0.338 e. The molecule has 0 bridgehead atoms. The highest BCUT2D eigenvalue weighted by Gasteiger charge is 2.19. The van der Waals surface area contributed by atoms with Gasteiger partial charge in [0.2, 0.25) is 5.91 Å². The molecule has 25 heavy (non-hydrogen) atoms. The van der Waals surface area contributed by atoms with Crippen molar-refractivity contribution < 1.29 is 28.2 Å². The summed E-state index contributed by atoms with van der Waals surface area (Å²) in [6.07, 6.45) is 0. The Morgan fingerprint density at radius 2 is 1.88 bits per heavy atom. The van der Waals surface area contributed by atoms with Crippen molar-refractivity contribution in [1.29, 1.82) is 0 Å². The van der Waals surface area contributed by atoms with E-state index < -0.39 is 29.8 Å². The van der Waals surface area contributed by atoms with Crippen LogP contribution in [-0.4, -0.2) is 55.5 Å². The van der Waals surface area contributed by atoms with Gasteiger partial charge in [0.05, 0.1) is 19.2 Å². The third kappa shape index (κ3) is 6.78. The molecule has 0 aliphatic heterocycles. The summed E-state index contributed by atoms with van der Waals surface area (Å²) in [6.45, 7) is 4.75. The molecular formula is C17H23FN2O5. The fraction of sp³-hybridized carbons (Fsp3) is 0.471. The minimum absolute atomic E-state index is 0.00257. The Kier molecular flexibility index (Phi) is 6.90. The van der Waals surface area contributed by atoms with Gasteiger partial charge in [0, 0.05) is 12.6 Å². The molecule has 0 aliphatic rings. The number of rotatable bonds is 6. The Morgan fingerprint density at radius 1 is 1.24 bits per heavy atom. The van der Waals surface area contributed by atoms with E-state index >= 15 is 0 Å². The molecule has 0 unspecified atom stereocenters. The van der Waals surface area contributed by atoms with E-state index in [0.717, 1.165) is 11.0 Å². The summed E-state index contributed by atoms with van der Waals surface area (Å²) in [6, 6.07) is 3.58. The summed E-state index contributed by atoms with van der Waals surface area (Å²) < 4.78 is 23.2. The summed E-state index contributed by atoms with van der Waals surface area (Å²) in [4.78, 5) is 36.7. The van der Waals surface area contributed by atoms with Crippen molar-refractivity contribution in [3.8, 4) is 5.75 Å². The van der Waals surface area contributed by atoms with Gasteiger partial charge >= 0.3 is 5.97 Å². The van der Waals surface area contributed by atoms with Gasteiger partial charge in [-0.25, -0.2) is 9.18 Å². The van der Waals surface area contributed by atoms with Crippen molar-refractivity contribution >= 4 is 17.8 Å². The molecule has 8 heteroatoms. The number of carbonyl (C=O) groups is 3. The van der Waals surface area contributed by atoms with E-state index in [2.05, 4.69) is 5.32 Å². The maximum atomic E-state index is 13.6. The predicted molar refractivity (Wildman–Crippen MR) is 88.8 cm³/mol. The number of methoxy groups -OCH3 is 1. The molecule has 0 radical (unpaired) electrons. The molecule has 0 aromatic heterocycles. The van der Waals surface area contributed by atoms with Gasteiger partial charge in [-0.05, 0) is 39.0 Å². The molecule has 0 atom stereocenters. The largest absolute Gasteiger partial charge is 0.494 e. The molecule has 0 saturated heterocycles. The Labute approximate surface area is 146 Å². The number of benzene rings is 1. The summed E-state index contributed by atoms with van der Waals surface area (Å²) in [5, 5.41) is 2.72. The van der Waals surface area contributed by atoms with Gasteiger partial charge in [0.15, 0.2) is 18.2 Å². The van der Waals surface area contributed by atoms with Crippen LogP contribution in [0.25, 0.3) is 0 Å². The van der Waals surface area contributed by atoms with Crippen molar-refractivity contribution in [2.24, 2.45) is 0 Å². The van der Waals surface area contributed by atoms with E-state index in [1.165, 1.54) is 26.3 Å². The summed E-state index contributed by atoms with van der Waals surface area (Å²) >= 11 is 0. The summed E-state index contributed by atoms with van der Waals surface area (Å²) in [7, 11) is 2.73. The Bertz CT molecular complexity index is 655. The lowest BCUT2D eigenvalue weighted by molar-refractivity contribution is -0.137. The van der Waals surface area contributed by atoms with Gasteiger partial charge < -0.3 is 19.7 Å². The maximum absolute atomic E-state index is 13.6. The second-order valence-corrected chi connectivity index (χ2v) is 6.47. The Balaban J connectivity index is 2.53. The van der Waals surface area contributed by atoms with Gasteiger partial charge in [-0.15, -0.1) is 0 Å². The first-order valence-corrected chi connectivity index (χ1v) is 7.59. The minimum atomic E-state index is -0.845. The number of nitrogens with zero attached hydrogens (tertiary/aromatic N) is 1. The SMILES string of the molecule is COc1ccc(C(=O)OCC(=O)N(C)CC(=O)NC(C)(C)C)cc1F. The van der Waals surface area contributed by atoms with E-state index in [0.29, 0.717) is 0 Å². The van der Waals surface area contributed by atoms with Gasteiger partial charge in [-0.3, -0.25) is 9.59 Å². The van der Waals surface area contributed by atoms with Crippen LogP contribution in [0.1, 0.15) is 31.1 Å². The average Bonchev–Trinajstić information content (AvgIpc) is 2.50. The lowest BCUT2D eigenvalue weighted by Crippen LogP contribution is -2.46. The topological polar surface area (TPSA) is 84.9 Å². The van der Waals surface area contributed by atoms with Crippen LogP contribution < -0.4 is 10.1 Å². The van der Waals surface area contributed by atoms with Gasteiger partial charge in [0.1, 0.15) is 0 Å². The second kappa shape index (κ2) is 8.46. The smallest absolute Gasteiger partial charge is 0.338 e. The van der Waals surface area contributed by atoms with Gasteiger partial charge in [-0.1, -0.05) is 0 Å². The molecule has 7 nitrogen and oxygen atoms in total. The minimum Gasteiger partial charge on any atom is -0.494 e. The Hall–Kier alpha value is -2.64. The molecule has 0 heterocycles. The number of ether oxygens (including phenoxy) is 2. The van der Waals surface area contributed by atoms with Crippen LogP contribution in [0.3, 0.4) is 0 Å². The monoisotopic (exact) mass is 354 g/mol. The number of nitrogens with one attached hydrogen (secondary N) is 1. The van der Waals surface area contributed by atoms with Crippen LogP contribution in [0.5, 0.6) is 5.75 Å². The molecule has 1 aromatic rings. The fourth-order valence-electron chi connectivity index (χ4n) is 1.88. The van der Waals surface area contributed by atoms with Crippen LogP contribution >= 0.6 is 0 Å². The quantitative estimate of drug-likeness (QED) is 0.780. The molecule has 2 amide bonds. The first-order valence-electron chi connectivity index (χ1n) is 7.59. The van der Waals surface area contributed by atoms with E-state index in [9.17, 15) is 18.8 Å². The molecule has 0 aliphatic carbocycles. The second-order valence-electron chi connectivity index (χ2n) is 6.47. The van der Waals surface area contributed by atoms with Crippen LogP contribution in [0.4, 0.5) is 4.39 Å². The standard InChI is InChI=1S/C17H23FN2O5/c1-17(2,3)19-14(21)9-20(4)15(22)10-25-16(23)11-6-7-13(24-5)12(18)8-11/h6-8H,9-10H2,1-5H3,(H,19,21). The molecule has 0 saturated carbocycles. The number of carbonyl (C=O) groups excluding carboxylic acids is 3. The zero-order valence-electron chi connectivity index (χ0n) is 15.0. The third-order valence-electron chi connectivity index (χ3n) is 3.04. The molecule has 1 rings (SSSR count). The van der Waals surface area contributed by atoms with Crippen molar-refractivity contribution in [1.82, 2.24) is 10.2 Å². The first kappa shape index (κ1) is 20.4. The Morgan fingerprint density at radius 3 is 2.40 bits per heavy atom. The van der Waals surface area contributed by atoms with Crippen LogP contribution in [0, 0.1) is 5.82 Å². The molecular weight excluding hydrogens is 331 g/mol. The normalized spacial score (nSPS) is 10.8. The number of halogens is 1. The molecule has 0 fully saturated rings. The van der Waals surface area contributed by atoms with Gasteiger partial charge in [0.25, 0.3) is 5.91 Å². The van der Waals surface area contributed by atoms with Crippen molar-refractivity contribution in [2.45, 2.75) is 26.3 Å². The lowest BCUT2D eigenvalue weighted by atomic mass is 10.1.